The van der Waals surface area contributed by atoms with Crippen molar-refractivity contribution in [3.63, 3.8) is 0 Å². The zero-order valence-corrected chi connectivity index (χ0v) is 29.6. The van der Waals surface area contributed by atoms with Crippen LogP contribution in [0.5, 0.6) is 0 Å². The number of nitrogens with one attached hydrogen (secondary N) is 3. The van der Waals surface area contributed by atoms with Gasteiger partial charge in [-0.15, -0.1) is 0 Å². The fourth-order valence-electron chi connectivity index (χ4n) is 7.32. The number of carbonyl (C=O) groups excluding carboxylic acids is 3. The van der Waals surface area contributed by atoms with Crippen molar-refractivity contribution in [3.05, 3.63) is 66.2 Å². The van der Waals surface area contributed by atoms with E-state index in [0.717, 1.165) is 42.0 Å². The average molecular weight is 690 g/mol. The van der Waals surface area contributed by atoms with Crippen molar-refractivity contribution >= 4 is 28.5 Å². The number of amides is 3. The van der Waals surface area contributed by atoms with E-state index in [2.05, 4.69) is 20.6 Å². The number of H-pyrrole nitrogens is 1. The first-order chi connectivity index (χ1) is 24.2. The normalized spacial score (nSPS) is 18.7. The Morgan fingerprint density at radius 2 is 1.68 bits per heavy atom. The second-order valence-corrected chi connectivity index (χ2v) is 14.5. The number of aliphatic hydroxyl groups excluding tert-OH is 2. The third-order valence-electron chi connectivity index (χ3n) is 10.5. The highest BCUT2D eigenvalue weighted by Gasteiger charge is 2.34. The van der Waals surface area contributed by atoms with Crippen LogP contribution in [0.2, 0.25) is 0 Å². The number of ether oxygens (including phenoxy) is 1. The van der Waals surface area contributed by atoms with E-state index in [1.807, 2.05) is 56.3 Å². The van der Waals surface area contributed by atoms with E-state index in [1.165, 1.54) is 12.7 Å². The zero-order valence-electron chi connectivity index (χ0n) is 29.6. The van der Waals surface area contributed by atoms with Crippen LogP contribution in [0.1, 0.15) is 76.5 Å². The van der Waals surface area contributed by atoms with Gasteiger partial charge in [0.15, 0.2) is 0 Å². The van der Waals surface area contributed by atoms with E-state index >= 15 is 0 Å². The molecule has 1 saturated heterocycles. The Labute approximate surface area is 295 Å². The van der Waals surface area contributed by atoms with E-state index in [0.29, 0.717) is 50.8 Å². The van der Waals surface area contributed by atoms with Gasteiger partial charge in [-0.2, -0.15) is 0 Å². The standard InChI is InChI=1S/C39H55N5O6/c1-26(2)35(45)23-36(46)33(19-27-9-4-3-5-10-27)42-39(49)34(22-31-24-40-25-41-31)43-38(48)30(21-37(47)44-15-17-50-18-16-44)20-29-13-8-12-28-11-6-7-14-32(28)29/h6-8,11-14,24-27,30,33-36,45-46H,3-5,9-10,15-23H2,1-2H3,(H,40,41)(H,42,49)(H,43,48)/t30-,33+,34+,35-,36+/m1/s1. The van der Waals surface area contributed by atoms with Gasteiger partial charge in [-0.1, -0.05) is 88.4 Å². The number of aromatic nitrogens is 2. The Bertz CT molecular complexity index is 1510. The van der Waals surface area contributed by atoms with Gasteiger partial charge in [0.2, 0.25) is 17.7 Å². The van der Waals surface area contributed by atoms with Crippen LogP contribution < -0.4 is 10.6 Å². The van der Waals surface area contributed by atoms with Gasteiger partial charge in [-0.25, -0.2) is 4.98 Å². The second kappa shape index (κ2) is 18.4. The molecule has 0 bridgehead atoms. The van der Waals surface area contributed by atoms with Crippen LogP contribution >= 0.6 is 0 Å². The van der Waals surface area contributed by atoms with E-state index in [9.17, 15) is 24.6 Å². The maximum atomic E-state index is 14.3. The van der Waals surface area contributed by atoms with Crippen LogP contribution in [0, 0.1) is 17.8 Å². The smallest absolute Gasteiger partial charge is 0.243 e. The molecule has 0 radical (unpaired) electrons. The summed E-state index contributed by atoms with van der Waals surface area (Å²) in [7, 11) is 0. The minimum atomic E-state index is -0.993. The molecule has 1 aromatic heterocycles. The first-order valence-corrected chi connectivity index (χ1v) is 18.4. The number of nitrogens with zero attached hydrogens (tertiary/aromatic N) is 2. The lowest BCUT2D eigenvalue weighted by atomic mass is 9.82. The SMILES string of the molecule is CC(C)[C@H](O)C[C@H](O)[C@H](CC1CCCCC1)NC(=O)[C@H](Cc1cnc[nH]1)NC(=O)[C@@H](CC(=O)N1CCOCC1)Cc1cccc2ccccc12. The van der Waals surface area contributed by atoms with Gasteiger partial charge in [-0.05, 0) is 41.0 Å². The number of aromatic amines is 1. The summed E-state index contributed by atoms with van der Waals surface area (Å²) in [5.41, 5.74) is 1.62. The largest absolute Gasteiger partial charge is 0.393 e. The fourth-order valence-corrected chi connectivity index (χ4v) is 7.32. The Hall–Kier alpha value is -3.80. The number of benzene rings is 2. The Morgan fingerprint density at radius 1 is 0.940 bits per heavy atom. The zero-order chi connectivity index (χ0) is 35.5. The maximum absolute atomic E-state index is 14.3. The maximum Gasteiger partial charge on any atom is 0.243 e. The molecule has 272 valence electrons. The van der Waals surface area contributed by atoms with Crippen molar-refractivity contribution in [1.29, 1.82) is 0 Å². The van der Waals surface area contributed by atoms with Gasteiger partial charge in [0.25, 0.3) is 0 Å². The van der Waals surface area contributed by atoms with Crippen LogP contribution in [0.15, 0.2) is 55.0 Å². The molecule has 0 spiro atoms. The van der Waals surface area contributed by atoms with Gasteiger partial charge in [-0.3, -0.25) is 14.4 Å². The van der Waals surface area contributed by atoms with Gasteiger partial charge in [0.05, 0.1) is 43.7 Å². The lowest BCUT2D eigenvalue weighted by molar-refractivity contribution is -0.140. The molecular formula is C39H55N5O6. The molecule has 1 aliphatic heterocycles. The highest BCUT2D eigenvalue weighted by Crippen LogP contribution is 2.29. The molecule has 3 amide bonds. The van der Waals surface area contributed by atoms with Crippen molar-refractivity contribution in [2.75, 3.05) is 26.3 Å². The number of fused-ring (bicyclic) bond motifs is 1. The highest BCUT2D eigenvalue weighted by molar-refractivity contribution is 5.92. The average Bonchev–Trinajstić information content (AvgIpc) is 3.64. The van der Waals surface area contributed by atoms with E-state index in [1.54, 1.807) is 11.1 Å². The first kappa shape index (κ1) is 37.5. The molecule has 5 rings (SSSR count). The molecular weight excluding hydrogens is 634 g/mol. The predicted molar refractivity (Wildman–Crippen MR) is 192 cm³/mol. The van der Waals surface area contributed by atoms with Gasteiger partial charge in [0.1, 0.15) is 6.04 Å². The summed E-state index contributed by atoms with van der Waals surface area (Å²) in [5, 5.41) is 30.2. The molecule has 11 heteroatoms. The number of hydrogen-bond acceptors (Lipinski definition) is 7. The van der Waals surface area contributed by atoms with Crippen LogP contribution in [0.25, 0.3) is 10.8 Å². The molecule has 3 aromatic rings. The van der Waals surface area contributed by atoms with Gasteiger partial charge < -0.3 is 35.5 Å². The Morgan fingerprint density at radius 3 is 2.40 bits per heavy atom. The number of aliphatic hydroxyl groups is 2. The Balaban J connectivity index is 1.38. The van der Waals surface area contributed by atoms with Crippen LogP contribution in [-0.2, 0) is 32.0 Å². The number of hydrogen-bond donors (Lipinski definition) is 5. The molecule has 2 fully saturated rings. The number of rotatable bonds is 16. The summed E-state index contributed by atoms with van der Waals surface area (Å²) in [4.78, 5) is 50.9. The van der Waals surface area contributed by atoms with Crippen molar-refractivity contribution in [2.24, 2.45) is 17.8 Å². The lowest BCUT2D eigenvalue weighted by Gasteiger charge is -2.33. The molecule has 50 heavy (non-hydrogen) atoms. The topological polar surface area (TPSA) is 157 Å². The van der Waals surface area contributed by atoms with Crippen molar-refractivity contribution in [2.45, 2.75) is 102 Å². The molecule has 5 atom stereocenters. The third-order valence-corrected chi connectivity index (χ3v) is 10.5. The van der Waals surface area contributed by atoms with E-state index < -0.39 is 36.1 Å². The quantitative estimate of drug-likeness (QED) is 0.153. The minimum Gasteiger partial charge on any atom is -0.393 e. The fraction of sp³-hybridized carbons (Fsp3) is 0.590. The Kier molecular flexibility index (Phi) is 13.8. The summed E-state index contributed by atoms with van der Waals surface area (Å²) >= 11 is 0. The highest BCUT2D eigenvalue weighted by atomic mass is 16.5. The molecule has 2 heterocycles. The summed E-state index contributed by atoms with van der Waals surface area (Å²) in [5.74, 6) is -1.35. The molecule has 2 aromatic carbocycles. The van der Waals surface area contributed by atoms with Gasteiger partial charge >= 0.3 is 0 Å². The van der Waals surface area contributed by atoms with Crippen molar-refractivity contribution in [3.8, 4) is 0 Å². The number of carbonyl (C=O) groups is 3. The van der Waals surface area contributed by atoms with E-state index in [-0.39, 0.29) is 37.0 Å². The van der Waals surface area contributed by atoms with Gasteiger partial charge in [0, 0.05) is 44.2 Å². The second-order valence-electron chi connectivity index (χ2n) is 14.5. The molecule has 11 nitrogen and oxygen atoms in total. The number of imidazole rings is 1. The summed E-state index contributed by atoms with van der Waals surface area (Å²) in [6.07, 6.45) is 8.18. The van der Waals surface area contributed by atoms with Crippen LogP contribution in [0.4, 0.5) is 0 Å². The summed E-state index contributed by atoms with van der Waals surface area (Å²) in [6.45, 7) is 5.67. The molecule has 1 aliphatic carbocycles. The number of morpholine rings is 1. The minimum absolute atomic E-state index is 0.0104. The van der Waals surface area contributed by atoms with E-state index in [4.69, 9.17) is 4.74 Å². The van der Waals surface area contributed by atoms with Crippen LogP contribution in [-0.4, -0.2) is 93.4 Å². The molecule has 2 aliphatic rings. The summed E-state index contributed by atoms with van der Waals surface area (Å²) in [6, 6.07) is 12.4. The molecule has 5 N–H and O–H groups in total. The van der Waals surface area contributed by atoms with Crippen LogP contribution in [0.3, 0.4) is 0 Å². The van der Waals surface area contributed by atoms with Crippen molar-refractivity contribution in [1.82, 2.24) is 25.5 Å². The predicted octanol–water partition coefficient (Wildman–Crippen LogP) is 3.92. The van der Waals surface area contributed by atoms with Crippen molar-refractivity contribution < 1.29 is 29.3 Å². The summed E-state index contributed by atoms with van der Waals surface area (Å²) < 4.78 is 5.45. The lowest BCUT2D eigenvalue weighted by Crippen LogP contribution is -2.55. The monoisotopic (exact) mass is 689 g/mol. The first-order valence-electron chi connectivity index (χ1n) is 18.4. The third kappa shape index (κ3) is 10.6. The molecule has 1 saturated carbocycles. The molecule has 0 unspecified atom stereocenters.